The Labute approximate surface area is 120 Å². The van der Waals surface area contributed by atoms with Crippen LogP contribution >= 0.6 is 0 Å². The van der Waals surface area contributed by atoms with E-state index < -0.39 is 22.3 Å². The lowest BCUT2D eigenvalue weighted by Crippen LogP contribution is -2.34. The number of benzene rings is 1. The maximum atomic E-state index is 13.2. The van der Waals surface area contributed by atoms with Crippen LogP contribution in [0.2, 0.25) is 0 Å². The molecule has 1 heterocycles. The molecule has 2 N–H and O–H groups in total. The molecule has 1 aliphatic rings. The van der Waals surface area contributed by atoms with Crippen LogP contribution in [0.4, 0.5) is 15.8 Å². The number of ether oxygens (including phenoxy) is 1. The molecule has 0 radical (unpaired) electrons. The summed E-state index contributed by atoms with van der Waals surface area (Å²) in [4.78, 5) is 21.5. The highest BCUT2D eigenvalue weighted by molar-refractivity contribution is 5.92. The third-order valence-corrected chi connectivity index (χ3v) is 3.16. The van der Waals surface area contributed by atoms with E-state index in [2.05, 4.69) is 10.6 Å². The molecule has 0 atom stereocenters. The van der Waals surface area contributed by atoms with Crippen LogP contribution in [0.5, 0.6) is 0 Å². The van der Waals surface area contributed by atoms with E-state index in [-0.39, 0.29) is 18.4 Å². The molecular formula is C13H16FN3O4. The second-order valence-corrected chi connectivity index (χ2v) is 4.73. The summed E-state index contributed by atoms with van der Waals surface area (Å²) >= 11 is 0. The maximum absolute atomic E-state index is 13.2. The van der Waals surface area contributed by atoms with E-state index in [1.54, 1.807) is 0 Å². The van der Waals surface area contributed by atoms with Crippen molar-refractivity contribution in [2.45, 2.75) is 18.9 Å². The highest BCUT2D eigenvalue weighted by Gasteiger charge is 2.17. The molecule has 114 valence electrons. The standard InChI is InChI=1S/C13H16FN3O4/c14-11-2-1-9(7-12(11)17(19)20)16-13(18)8-21-10-3-5-15-6-4-10/h1-2,7,10,15H,3-6,8H2,(H,16,18). The molecule has 7 nitrogen and oxygen atoms in total. The molecule has 1 saturated heterocycles. The van der Waals surface area contributed by atoms with Gasteiger partial charge in [-0.15, -0.1) is 0 Å². The van der Waals surface area contributed by atoms with E-state index in [4.69, 9.17) is 4.74 Å². The number of nitrogens with zero attached hydrogens (tertiary/aromatic N) is 1. The summed E-state index contributed by atoms with van der Waals surface area (Å²) in [7, 11) is 0. The highest BCUT2D eigenvalue weighted by Crippen LogP contribution is 2.21. The first-order valence-corrected chi connectivity index (χ1v) is 6.62. The monoisotopic (exact) mass is 297 g/mol. The van der Waals surface area contributed by atoms with Crippen molar-refractivity contribution in [2.75, 3.05) is 25.0 Å². The first kappa shape index (κ1) is 15.3. The summed E-state index contributed by atoms with van der Waals surface area (Å²) in [6.07, 6.45) is 1.73. The molecule has 8 heteroatoms. The van der Waals surface area contributed by atoms with Gasteiger partial charge in [-0.3, -0.25) is 14.9 Å². The number of carbonyl (C=O) groups is 1. The zero-order chi connectivity index (χ0) is 15.2. The van der Waals surface area contributed by atoms with Gasteiger partial charge in [0, 0.05) is 11.8 Å². The first-order valence-electron chi connectivity index (χ1n) is 6.62. The van der Waals surface area contributed by atoms with Crippen molar-refractivity contribution in [2.24, 2.45) is 0 Å². The Morgan fingerprint density at radius 3 is 2.86 bits per heavy atom. The molecule has 1 aliphatic heterocycles. The van der Waals surface area contributed by atoms with Crippen molar-refractivity contribution in [3.63, 3.8) is 0 Å². The van der Waals surface area contributed by atoms with Crippen LogP contribution in [-0.4, -0.2) is 36.6 Å². The number of halogens is 1. The molecular weight excluding hydrogens is 281 g/mol. The number of amides is 1. The van der Waals surface area contributed by atoms with Gasteiger partial charge in [-0.2, -0.15) is 4.39 Å². The van der Waals surface area contributed by atoms with Crippen molar-refractivity contribution in [3.8, 4) is 0 Å². The van der Waals surface area contributed by atoms with Gasteiger partial charge in [0.2, 0.25) is 11.7 Å². The van der Waals surface area contributed by atoms with E-state index in [1.165, 1.54) is 6.07 Å². The topological polar surface area (TPSA) is 93.5 Å². The fraction of sp³-hybridized carbons (Fsp3) is 0.462. The minimum absolute atomic E-state index is 0.0413. The quantitative estimate of drug-likeness (QED) is 0.633. The van der Waals surface area contributed by atoms with Gasteiger partial charge in [-0.1, -0.05) is 0 Å². The van der Waals surface area contributed by atoms with Crippen molar-refractivity contribution in [1.82, 2.24) is 5.32 Å². The summed E-state index contributed by atoms with van der Waals surface area (Å²) in [5.41, 5.74) is -0.505. The second-order valence-electron chi connectivity index (χ2n) is 4.73. The van der Waals surface area contributed by atoms with Crippen LogP contribution in [0.3, 0.4) is 0 Å². The number of carbonyl (C=O) groups excluding carboxylic acids is 1. The Morgan fingerprint density at radius 1 is 1.48 bits per heavy atom. The Hall–Kier alpha value is -2.06. The summed E-state index contributed by atoms with van der Waals surface area (Å²) in [6, 6.07) is 3.20. The van der Waals surface area contributed by atoms with Crippen LogP contribution < -0.4 is 10.6 Å². The average molecular weight is 297 g/mol. The number of piperidine rings is 1. The Morgan fingerprint density at radius 2 is 2.19 bits per heavy atom. The number of nitro groups is 1. The number of nitro benzene ring substituents is 1. The molecule has 1 aromatic carbocycles. The van der Waals surface area contributed by atoms with E-state index in [0.717, 1.165) is 38.1 Å². The molecule has 0 saturated carbocycles. The van der Waals surface area contributed by atoms with Gasteiger partial charge in [-0.05, 0) is 38.1 Å². The average Bonchev–Trinajstić information content (AvgIpc) is 2.48. The molecule has 0 bridgehead atoms. The number of anilines is 1. The molecule has 0 unspecified atom stereocenters. The molecule has 21 heavy (non-hydrogen) atoms. The largest absolute Gasteiger partial charge is 0.368 e. The highest BCUT2D eigenvalue weighted by atomic mass is 19.1. The molecule has 0 spiro atoms. The predicted octanol–water partition coefficient (Wildman–Crippen LogP) is 1.44. The fourth-order valence-corrected chi connectivity index (χ4v) is 2.08. The number of nitrogens with one attached hydrogen (secondary N) is 2. The van der Waals surface area contributed by atoms with E-state index in [9.17, 15) is 19.3 Å². The van der Waals surface area contributed by atoms with E-state index in [1.807, 2.05) is 0 Å². The smallest absolute Gasteiger partial charge is 0.306 e. The van der Waals surface area contributed by atoms with E-state index in [0.29, 0.717) is 0 Å². The minimum atomic E-state index is -0.941. The van der Waals surface area contributed by atoms with Gasteiger partial charge >= 0.3 is 5.69 Å². The van der Waals surface area contributed by atoms with Crippen LogP contribution in [0, 0.1) is 15.9 Å². The molecule has 0 aromatic heterocycles. The lowest BCUT2D eigenvalue weighted by Gasteiger charge is -2.22. The third-order valence-electron chi connectivity index (χ3n) is 3.16. The van der Waals surface area contributed by atoms with Gasteiger partial charge in [0.1, 0.15) is 6.61 Å². The number of hydrogen-bond donors (Lipinski definition) is 2. The zero-order valence-electron chi connectivity index (χ0n) is 11.3. The lowest BCUT2D eigenvalue weighted by molar-refractivity contribution is -0.387. The number of rotatable bonds is 5. The van der Waals surface area contributed by atoms with Crippen molar-refractivity contribution in [1.29, 1.82) is 0 Å². The summed E-state index contributed by atoms with van der Waals surface area (Å²) in [5, 5.41) is 16.3. The maximum Gasteiger partial charge on any atom is 0.306 e. The van der Waals surface area contributed by atoms with Crippen molar-refractivity contribution in [3.05, 3.63) is 34.1 Å². The van der Waals surface area contributed by atoms with Crippen LogP contribution in [0.15, 0.2) is 18.2 Å². The number of hydrogen-bond acceptors (Lipinski definition) is 5. The minimum Gasteiger partial charge on any atom is -0.368 e. The molecule has 1 fully saturated rings. The lowest BCUT2D eigenvalue weighted by atomic mass is 10.1. The van der Waals surface area contributed by atoms with Gasteiger partial charge in [0.25, 0.3) is 0 Å². The second kappa shape index (κ2) is 7.09. The van der Waals surface area contributed by atoms with Crippen LogP contribution in [-0.2, 0) is 9.53 Å². The summed E-state index contributed by atoms with van der Waals surface area (Å²) in [5.74, 6) is -1.36. The molecule has 2 rings (SSSR count). The molecule has 0 aliphatic carbocycles. The Balaban J connectivity index is 1.87. The van der Waals surface area contributed by atoms with Crippen molar-refractivity contribution >= 4 is 17.3 Å². The first-order chi connectivity index (χ1) is 10.1. The summed E-state index contributed by atoms with van der Waals surface area (Å²) in [6.45, 7) is 1.59. The van der Waals surface area contributed by atoms with Gasteiger partial charge in [0.15, 0.2) is 0 Å². The van der Waals surface area contributed by atoms with Gasteiger partial charge in [-0.25, -0.2) is 0 Å². The van der Waals surface area contributed by atoms with Gasteiger partial charge < -0.3 is 15.4 Å². The summed E-state index contributed by atoms with van der Waals surface area (Å²) < 4.78 is 18.6. The zero-order valence-corrected chi connectivity index (χ0v) is 11.3. The van der Waals surface area contributed by atoms with Crippen LogP contribution in [0.1, 0.15) is 12.8 Å². The molecule has 1 aromatic rings. The van der Waals surface area contributed by atoms with Crippen molar-refractivity contribution < 1.29 is 18.8 Å². The molecule has 1 amide bonds. The normalized spacial score (nSPS) is 15.7. The Bertz CT molecular complexity index is 532. The third kappa shape index (κ3) is 4.47. The SMILES string of the molecule is O=C(COC1CCNCC1)Nc1ccc(F)c([N+](=O)[O-])c1. The Kier molecular flexibility index (Phi) is 5.18. The fourth-order valence-electron chi connectivity index (χ4n) is 2.08. The van der Waals surface area contributed by atoms with Gasteiger partial charge in [0.05, 0.1) is 11.0 Å². The van der Waals surface area contributed by atoms with Crippen LogP contribution in [0.25, 0.3) is 0 Å². The van der Waals surface area contributed by atoms with E-state index >= 15 is 0 Å². The predicted molar refractivity (Wildman–Crippen MR) is 73.5 cm³/mol.